The largest absolute Gasteiger partial charge is 0.454 e. The number of hydrogen-bond donors (Lipinski definition) is 0. The minimum absolute atomic E-state index is 0.360. The summed E-state index contributed by atoms with van der Waals surface area (Å²) in [7, 11) is 0. The highest BCUT2D eigenvalue weighted by molar-refractivity contribution is 5.76. The van der Waals surface area contributed by atoms with E-state index in [0.717, 1.165) is 22.4 Å². The molecule has 0 N–H and O–H groups in total. The summed E-state index contributed by atoms with van der Waals surface area (Å²) in [6.45, 7) is 0.360. The second-order valence-electron chi connectivity index (χ2n) is 3.93. The fourth-order valence-electron chi connectivity index (χ4n) is 1.77. The van der Waals surface area contributed by atoms with E-state index in [1.165, 1.54) is 0 Å². The molecular formula is C15H12N2O2. The molecule has 0 fully saturated rings. The molecule has 0 atom stereocenters. The fourth-order valence-corrected chi connectivity index (χ4v) is 1.77. The Kier molecular flexibility index (Phi) is 3.23. The minimum atomic E-state index is 0.360. The lowest BCUT2D eigenvalue weighted by Crippen LogP contribution is -1.92. The molecule has 0 bridgehead atoms. The Morgan fingerprint density at radius 1 is 0.842 bits per heavy atom. The summed E-state index contributed by atoms with van der Waals surface area (Å²) in [5.41, 5.74) is 0.998. The number of para-hydroxylation sites is 3. The van der Waals surface area contributed by atoms with Crippen molar-refractivity contribution in [1.82, 2.24) is 9.97 Å². The minimum Gasteiger partial charge on any atom is -0.454 e. The van der Waals surface area contributed by atoms with Crippen LogP contribution in [-0.2, 0) is 0 Å². The molecule has 1 aliphatic heterocycles. The molecule has 1 aromatic heterocycles. The van der Waals surface area contributed by atoms with Crippen molar-refractivity contribution in [3.05, 3.63) is 61.1 Å². The number of ether oxygens (including phenoxy) is 2. The van der Waals surface area contributed by atoms with Gasteiger partial charge in [0.1, 0.15) is 6.33 Å². The number of rotatable bonds is 0. The number of hydrogen-bond acceptors (Lipinski definition) is 4. The Morgan fingerprint density at radius 2 is 1.53 bits per heavy atom. The highest BCUT2D eigenvalue weighted by Crippen LogP contribution is 2.30. The van der Waals surface area contributed by atoms with Crippen molar-refractivity contribution in [3.63, 3.8) is 0 Å². The first-order valence-corrected chi connectivity index (χ1v) is 5.93. The highest BCUT2D eigenvalue weighted by atomic mass is 16.7. The Hall–Kier alpha value is -2.62. The van der Waals surface area contributed by atoms with E-state index in [4.69, 9.17) is 9.47 Å². The van der Waals surface area contributed by atoms with Gasteiger partial charge < -0.3 is 9.47 Å². The van der Waals surface area contributed by atoms with E-state index in [1.807, 2.05) is 54.7 Å². The van der Waals surface area contributed by atoms with Gasteiger partial charge in [-0.2, -0.15) is 0 Å². The van der Waals surface area contributed by atoms with Crippen molar-refractivity contribution in [3.8, 4) is 11.5 Å². The molecule has 0 saturated carbocycles. The van der Waals surface area contributed by atoms with E-state index in [9.17, 15) is 0 Å². The third-order valence-corrected chi connectivity index (χ3v) is 2.69. The molecule has 2 aromatic carbocycles. The summed E-state index contributed by atoms with van der Waals surface area (Å²) in [5.74, 6) is 1.69. The smallest absolute Gasteiger partial charge is 0.231 e. The van der Waals surface area contributed by atoms with Gasteiger partial charge in [0.25, 0.3) is 0 Å². The van der Waals surface area contributed by atoms with Crippen molar-refractivity contribution in [2.75, 3.05) is 6.79 Å². The van der Waals surface area contributed by atoms with Crippen molar-refractivity contribution < 1.29 is 9.47 Å². The molecule has 0 radical (unpaired) electrons. The van der Waals surface area contributed by atoms with E-state index < -0.39 is 0 Å². The fraction of sp³-hybridized carbons (Fsp3) is 0.0667. The molecule has 19 heavy (non-hydrogen) atoms. The maximum atomic E-state index is 5.08. The average Bonchev–Trinajstić information content (AvgIpc) is 2.96. The van der Waals surface area contributed by atoms with Crippen LogP contribution in [0.15, 0.2) is 61.1 Å². The van der Waals surface area contributed by atoms with E-state index >= 15 is 0 Å². The molecule has 2 heterocycles. The van der Waals surface area contributed by atoms with Crippen molar-refractivity contribution >= 4 is 10.9 Å². The summed E-state index contributed by atoms with van der Waals surface area (Å²) in [6, 6.07) is 15.5. The van der Waals surface area contributed by atoms with Gasteiger partial charge in [0, 0.05) is 11.6 Å². The normalized spacial score (nSPS) is 11.8. The Morgan fingerprint density at radius 3 is 2.26 bits per heavy atom. The first kappa shape index (κ1) is 11.5. The number of benzene rings is 2. The second kappa shape index (κ2) is 5.35. The topological polar surface area (TPSA) is 44.2 Å². The molecule has 0 saturated heterocycles. The van der Waals surface area contributed by atoms with Gasteiger partial charge in [0.15, 0.2) is 11.5 Å². The summed E-state index contributed by atoms with van der Waals surface area (Å²) < 4.78 is 10.2. The van der Waals surface area contributed by atoms with Crippen LogP contribution < -0.4 is 9.47 Å². The molecule has 4 rings (SSSR count). The standard InChI is InChI=1S/C8H6N2.C7H6O2/c1-2-4-8-7(3-1)5-9-6-10-8;1-2-4-7-6(3-1)8-5-9-7/h1-6H;1-4H,5H2. The molecule has 3 aromatic rings. The zero-order chi connectivity index (χ0) is 12.9. The summed E-state index contributed by atoms with van der Waals surface area (Å²) in [5, 5.41) is 1.09. The van der Waals surface area contributed by atoms with Crippen LogP contribution in [0, 0.1) is 0 Å². The number of nitrogens with zero attached hydrogens (tertiary/aromatic N) is 2. The molecule has 4 heteroatoms. The van der Waals surface area contributed by atoms with Crippen LogP contribution in [0.25, 0.3) is 10.9 Å². The van der Waals surface area contributed by atoms with Gasteiger partial charge >= 0.3 is 0 Å². The first-order valence-electron chi connectivity index (χ1n) is 5.93. The SMILES string of the molecule is c1ccc2c(c1)OCO2.c1ccc2ncncc2c1. The van der Waals surface area contributed by atoms with Crippen LogP contribution in [0.4, 0.5) is 0 Å². The lowest BCUT2D eigenvalue weighted by molar-refractivity contribution is 0.174. The van der Waals surface area contributed by atoms with Crippen molar-refractivity contribution in [2.24, 2.45) is 0 Å². The summed E-state index contributed by atoms with van der Waals surface area (Å²) in [4.78, 5) is 7.97. The molecule has 0 unspecified atom stereocenters. The van der Waals surface area contributed by atoms with Crippen molar-refractivity contribution in [2.45, 2.75) is 0 Å². The lowest BCUT2D eigenvalue weighted by atomic mass is 10.2. The molecule has 4 nitrogen and oxygen atoms in total. The molecule has 0 aliphatic carbocycles. The van der Waals surface area contributed by atoms with Gasteiger partial charge in [-0.1, -0.05) is 30.3 Å². The molecular weight excluding hydrogens is 240 g/mol. The second-order valence-corrected chi connectivity index (χ2v) is 3.93. The first-order chi connectivity index (χ1) is 9.43. The molecule has 1 aliphatic rings. The predicted octanol–water partition coefficient (Wildman–Crippen LogP) is 3.05. The van der Waals surface area contributed by atoms with Crippen LogP contribution in [0.2, 0.25) is 0 Å². The monoisotopic (exact) mass is 252 g/mol. The Balaban J connectivity index is 0.000000117. The summed E-state index contributed by atoms with van der Waals surface area (Å²) >= 11 is 0. The highest BCUT2D eigenvalue weighted by Gasteiger charge is 2.09. The Bertz CT molecular complexity index is 597. The molecule has 0 spiro atoms. The Labute approximate surface area is 110 Å². The lowest BCUT2D eigenvalue weighted by Gasteiger charge is -1.90. The van der Waals surface area contributed by atoms with Gasteiger partial charge in [0.2, 0.25) is 6.79 Å². The summed E-state index contributed by atoms with van der Waals surface area (Å²) in [6.07, 6.45) is 3.37. The van der Waals surface area contributed by atoms with Gasteiger partial charge in [0.05, 0.1) is 5.52 Å². The maximum absolute atomic E-state index is 5.08. The van der Waals surface area contributed by atoms with Gasteiger partial charge in [-0.25, -0.2) is 9.97 Å². The van der Waals surface area contributed by atoms with Crippen LogP contribution in [0.5, 0.6) is 11.5 Å². The molecule has 0 amide bonds. The average molecular weight is 252 g/mol. The zero-order valence-electron chi connectivity index (χ0n) is 10.2. The van der Waals surface area contributed by atoms with Crippen LogP contribution in [0.3, 0.4) is 0 Å². The zero-order valence-corrected chi connectivity index (χ0v) is 10.2. The van der Waals surface area contributed by atoms with Gasteiger partial charge in [-0.3, -0.25) is 0 Å². The predicted molar refractivity (Wildman–Crippen MR) is 72.1 cm³/mol. The van der Waals surface area contributed by atoms with Crippen LogP contribution >= 0.6 is 0 Å². The molecule has 94 valence electrons. The van der Waals surface area contributed by atoms with E-state index in [-0.39, 0.29) is 0 Å². The van der Waals surface area contributed by atoms with E-state index in [0.29, 0.717) is 6.79 Å². The van der Waals surface area contributed by atoms with Crippen molar-refractivity contribution in [1.29, 1.82) is 0 Å². The van der Waals surface area contributed by atoms with E-state index in [1.54, 1.807) is 6.33 Å². The van der Waals surface area contributed by atoms with Gasteiger partial charge in [-0.05, 0) is 18.2 Å². The van der Waals surface area contributed by atoms with Gasteiger partial charge in [-0.15, -0.1) is 0 Å². The van der Waals surface area contributed by atoms with Crippen LogP contribution in [-0.4, -0.2) is 16.8 Å². The van der Waals surface area contributed by atoms with E-state index in [2.05, 4.69) is 9.97 Å². The quantitative estimate of drug-likeness (QED) is 0.617. The number of aromatic nitrogens is 2. The third kappa shape index (κ3) is 2.63. The maximum Gasteiger partial charge on any atom is 0.231 e. The van der Waals surface area contributed by atoms with Crippen LogP contribution in [0.1, 0.15) is 0 Å². The number of fused-ring (bicyclic) bond motifs is 2. The third-order valence-electron chi connectivity index (χ3n) is 2.69.